The summed E-state index contributed by atoms with van der Waals surface area (Å²) in [5, 5.41) is 3.16. The van der Waals surface area contributed by atoms with Gasteiger partial charge in [0.25, 0.3) is 0 Å². The number of nitrogens with one attached hydrogen (secondary N) is 1. The minimum absolute atomic E-state index is 0.255. The fraction of sp³-hybridized carbons (Fsp3) is 0.909. The molecule has 15 heavy (non-hydrogen) atoms. The third-order valence-corrected chi connectivity index (χ3v) is 3.70. The number of carbonyl (C=O) groups excluding carboxylic acids is 1. The second-order valence-electron chi connectivity index (χ2n) is 4.45. The van der Waals surface area contributed by atoms with Gasteiger partial charge in [-0.25, -0.2) is 0 Å². The molecular weight excluding hydrogens is 208 g/mol. The van der Waals surface area contributed by atoms with Crippen LogP contribution < -0.4 is 11.1 Å². The van der Waals surface area contributed by atoms with Crippen LogP contribution in [0.5, 0.6) is 0 Å². The molecule has 1 amide bonds. The lowest BCUT2D eigenvalue weighted by molar-refractivity contribution is -0.123. The van der Waals surface area contributed by atoms with E-state index in [9.17, 15) is 4.79 Å². The third kappa shape index (κ3) is 6.05. The Hall–Kier alpha value is -0.220. The third-order valence-electron chi connectivity index (χ3n) is 2.31. The van der Waals surface area contributed by atoms with Gasteiger partial charge in [-0.2, -0.15) is 11.8 Å². The van der Waals surface area contributed by atoms with Crippen molar-refractivity contribution in [3.63, 3.8) is 0 Å². The molecule has 0 radical (unpaired) electrons. The van der Waals surface area contributed by atoms with E-state index < -0.39 is 5.54 Å². The van der Waals surface area contributed by atoms with Crippen molar-refractivity contribution >= 4 is 17.7 Å². The number of amides is 1. The lowest BCUT2D eigenvalue weighted by Crippen LogP contribution is -2.53. The molecule has 90 valence electrons. The first-order valence-corrected chi connectivity index (χ1v) is 6.70. The van der Waals surface area contributed by atoms with Gasteiger partial charge in [0.15, 0.2) is 0 Å². The molecule has 0 aliphatic rings. The Morgan fingerprint density at radius 3 is 2.53 bits per heavy atom. The lowest BCUT2D eigenvalue weighted by atomic mass is 9.98. The number of hydrogen-bond acceptors (Lipinski definition) is 3. The molecule has 0 aromatic carbocycles. The normalized spacial score (nSPS) is 15.3. The van der Waals surface area contributed by atoms with Crippen LogP contribution in [0, 0.1) is 5.92 Å². The van der Waals surface area contributed by atoms with E-state index in [0.717, 1.165) is 24.5 Å². The SMILES string of the molecule is CCNC(C)(CCSCC(C)C)C(N)=O. The van der Waals surface area contributed by atoms with Gasteiger partial charge in [0.1, 0.15) is 0 Å². The van der Waals surface area contributed by atoms with Crippen LogP contribution in [0.1, 0.15) is 34.1 Å². The smallest absolute Gasteiger partial charge is 0.237 e. The van der Waals surface area contributed by atoms with E-state index in [0.29, 0.717) is 5.92 Å². The van der Waals surface area contributed by atoms with E-state index in [-0.39, 0.29) is 5.91 Å². The van der Waals surface area contributed by atoms with Crippen LogP contribution in [0.2, 0.25) is 0 Å². The van der Waals surface area contributed by atoms with Gasteiger partial charge in [0.05, 0.1) is 5.54 Å². The number of thioether (sulfide) groups is 1. The van der Waals surface area contributed by atoms with Crippen LogP contribution in [0.3, 0.4) is 0 Å². The highest BCUT2D eigenvalue weighted by atomic mass is 32.2. The summed E-state index contributed by atoms with van der Waals surface area (Å²) in [5.41, 5.74) is 4.85. The molecule has 3 N–H and O–H groups in total. The predicted molar refractivity (Wildman–Crippen MR) is 68.1 cm³/mol. The van der Waals surface area contributed by atoms with Crippen LogP contribution >= 0.6 is 11.8 Å². The minimum atomic E-state index is -0.543. The van der Waals surface area contributed by atoms with E-state index in [1.54, 1.807) is 0 Å². The largest absolute Gasteiger partial charge is 0.368 e. The van der Waals surface area contributed by atoms with Crippen molar-refractivity contribution < 1.29 is 4.79 Å². The molecule has 0 aromatic rings. The van der Waals surface area contributed by atoms with Gasteiger partial charge in [0.2, 0.25) is 5.91 Å². The molecular formula is C11H24N2OS. The molecule has 0 rings (SSSR count). The van der Waals surface area contributed by atoms with Crippen molar-refractivity contribution in [2.45, 2.75) is 39.7 Å². The fourth-order valence-electron chi connectivity index (χ4n) is 1.28. The Morgan fingerprint density at radius 1 is 1.53 bits per heavy atom. The molecule has 3 nitrogen and oxygen atoms in total. The van der Waals surface area contributed by atoms with Crippen LogP contribution in [-0.2, 0) is 4.79 Å². The Kier molecular flexibility index (Phi) is 7.02. The Balaban J connectivity index is 3.92. The molecule has 0 saturated heterocycles. The van der Waals surface area contributed by atoms with Gasteiger partial charge in [-0.3, -0.25) is 4.79 Å². The van der Waals surface area contributed by atoms with Crippen molar-refractivity contribution in [1.82, 2.24) is 5.32 Å². The average molecular weight is 232 g/mol. The molecule has 0 aliphatic carbocycles. The van der Waals surface area contributed by atoms with E-state index in [4.69, 9.17) is 5.73 Å². The highest BCUT2D eigenvalue weighted by Gasteiger charge is 2.28. The molecule has 0 saturated carbocycles. The maximum absolute atomic E-state index is 11.3. The number of hydrogen-bond donors (Lipinski definition) is 2. The molecule has 1 atom stereocenters. The van der Waals surface area contributed by atoms with Crippen LogP contribution in [-0.4, -0.2) is 29.5 Å². The maximum atomic E-state index is 11.3. The molecule has 0 fully saturated rings. The molecule has 4 heteroatoms. The Bertz CT molecular complexity index is 197. The van der Waals surface area contributed by atoms with Crippen LogP contribution in [0.4, 0.5) is 0 Å². The first kappa shape index (κ1) is 14.8. The first-order chi connectivity index (χ1) is 6.92. The summed E-state index contributed by atoms with van der Waals surface area (Å²) in [4.78, 5) is 11.3. The monoisotopic (exact) mass is 232 g/mol. The molecule has 0 aromatic heterocycles. The quantitative estimate of drug-likeness (QED) is 0.625. The zero-order valence-electron chi connectivity index (χ0n) is 10.3. The molecule has 0 aliphatic heterocycles. The summed E-state index contributed by atoms with van der Waals surface area (Å²) in [6, 6.07) is 0. The van der Waals surface area contributed by atoms with Crippen molar-refractivity contribution in [3.8, 4) is 0 Å². The van der Waals surface area contributed by atoms with Gasteiger partial charge in [-0.05, 0) is 37.3 Å². The summed E-state index contributed by atoms with van der Waals surface area (Å²) < 4.78 is 0. The van der Waals surface area contributed by atoms with Crippen LogP contribution in [0.15, 0.2) is 0 Å². The summed E-state index contributed by atoms with van der Waals surface area (Å²) in [5.74, 6) is 2.56. The Labute approximate surface area is 97.6 Å². The van der Waals surface area contributed by atoms with Gasteiger partial charge in [-0.15, -0.1) is 0 Å². The molecule has 0 heterocycles. The second-order valence-corrected chi connectivity index (χ2v) is 5.60. The predicted octanol–water partition coefficient (Wildman–Crippen LogP) is 1.62. The molecule has 1 unspecified atom stereocenters. The summed E-state index contributed by atoms with van der Waals surface area (Å²) in [6.07, 6.45) is 0.799. The number of primary amides is 1. The number of rotatable bonds is 8. The zero-order chi connectivity index (χ0) is 11.9. The second kappa shape index (κ2) is 7.12. The average Bonchev–Trinajstić information content (AvgIpc) is 2.12. The standard InChI is InChI=1S/C11H24N2OS/c1-5-13-11(4,10(12)14)6-7-15-8-9(2)3/h9,13H,5-8H2,1-4H3,(H2,12,14). The number of carbonyl (C=O) groups is 1. The van der Waals surface area contributed by atoms with Crippen molar-refractivity contribution in [2.75, 3.05) is 18.1 Å². The highest BCUT2D eigenvalue weighted by molar-refractivity contribution is 7.99. The van der Waals surface area contributed by atoms with E-state index in [1.807, 2.05) is 25.6 Å². The highest BCUT2D eigenvalue weighted by Crippen LogP contribution is 2.15. The van der Waals surface area contributed by atoms with Crippen molar-refractivity contribution in [3.05, 3.63) is 0 Å². The van der Waals surface area contributed by atoms with E-state index >= 15 is 0 Å². The fourth-order valence-corrected chi connectivity index (χ4v) is 2.47. The van der Waals surface area contributed by atoms with E-state index in [2.05, 4.69) is 19.2 Å². The maximum Gasteiger partial charge on any atom is 0.237 e. The topological polar surface area (TPSA) is 55.1 Å². The van der Waals surface area contributed by atoms with E-state index in [1.165, 1.54) is 0 Å². The molecule has 0 spiro atoms. The minimum Gasteiger partial charge on any atom is -0.368 e. The summed E-state index contributed by atoms with van der Waals surface area (Å²) >= 11 is 1.88. The summed E-state index contributed by atoms with van der Waals surface area (Å²) in [7, 11) is 0. The molecule has 0 bridgehead atoms. The van der Waals surface area contributed by atoms with Crippen molar-refractivity contribution in [1.29, 1.82) is 0 Å². The van der Waals surface area contributed by atoms with Gasteiger partial charge in [-0.1, -0.05) is 20.8 Å². The van der Waals surface area contributed by atoms with Crippen LogP contribution in [0.25, 0.3) is 0 Å². The van der Waals surface area contributed by atoms with Gasteiger partial charge in [0, 0.05) is 0 Å². The van der Waals surface area contributed by atoms with Crippen molar-refractivity contribution in [2.24, 2.45) is 11.7 Å². The lowest BCUT2D eigenvalue weighted by Gasteiger charge is -2.26. The summed E-state index contributed by atoms with van der Waals surface area (Å²) in [6.45, 7) is 9.04. The first-order valence-electron chi connectivity index (χ1n) is 5.55. The number of nitrogens with two attached hydrogens (primary N) is 1. The van der Waals surface area contributed by atoms with Gasteiger partial charge < -0.3 is 11.1 Å². The zero-order valence-corrected chi connectivity index (χ0v) is 11.1. The number of likely N-dealkylation sites (N-methyl/N-ethyl adjacent to an activating group) is 1. The van der Waals surface area contributed by atoms with Gasteiger partial charge >= 0.3 is 0 Å². The Morgan fingerprint density at radius 2 is 2.13 bits per heavy atom.